The van der Waals surface area contributed by atoms with Gasteiger partial charge in [0.2, 0.25) is 0 Å². The highest BCUT2D eigenvalue weighted by molar-refractivity contribution is 7.90. The Labute approximate surface area is 173 Å². The second-order valence-electron chi connectivity index (χ2n) is 5.73. The summed E-state index contributed by atoms with van der Waals surface area (Å²) in [5.74, 6) is -2.18. The molecule has 0 bridgehead atoms. The van der Waals surface area contributed by atoms with Gasteiger partial charge in [0.05, 0.1) is 26.7 Å². The van der Waals surface area contributed by atoms with Crippen molar-refractivity contribution >= 4 is 50.6 Å². The maximum Gasteiger partial charge on any atom is 0.418 e. The van der Waals surface area contributed by atoms with Gasteiger partial charge in [-0.05, 0) is 36.4 Å². The van der Waals surface area contributed by atoms with E-state index in [-0.39, 0.29) is 20.5 Å². The van der Waals surface area contributed by atoms with E-state index < -0.39 is 45.7 Å². The molecule has 0 spiro atoms. The molecule has 0 radical (unpaired) electrons. The zero-order valence-electron chi connectivity index (χ0n) is 14.5. The van der Waals surface area contributed by atoms with Gasteiger partial charge in [0, 0.05) is 11.3 Å². The maximum absolute atomic E-state index is 13.0. The van der Waals surface area contributed by atoms with Gasteiger partial charge in [-0.2, -0.15) is 13.2 Å². The van der Waals surface area contributed by atoms with Gasteiger partial charge >= 0.3 is 12.1 Å². The molecule has 0 aliphatic rings. The number of carbonyl (C=O) groups excluding carboxylic acids is 2. The highest BCUT2D eigenvalue weighted by Gasteiger charge is 2.34. The molecule has 2 aromatic carbocycles. The first kappa shape index (κ1) is 23.0. The summed E-state index contributed by atoms with van der Waals surface area (Å²) in [5, 5.41) is 1.67. The molecule has 0 saturated carbocycles. The lowest BCUT2D eigenvalue weighted by Gasteiger charge is -2.14. The molecule has 6 nitrogen and oxygen atoms in total. The molecule has 0 saturated heterocycles. The first-order valence-electron chi connectivity index (χ1n) is 7.62. The molecule has 2 rings (SSSR count). The van der Waals surface area contributed by atoms with E-state index in [2.05, 4.69) is 0 Å². The highest BCUT2D eigenvalue weighted by atomic mass is 35.5. The van der Waals surface area contributed by atoms with Crippen molar-refractivity contribution in [2.75, 3.05) is 18.2 Å². The average Bonchev–Trinajstić information content (AvgIpc) is 2.59. The number of alkyl halides is 3. The number of amides is 1. The maximum atomic E-state index is 13.0. The number of halogens is 5. The number of anilines is 1. The van der Waals surface area contributed by atoms with Crippen molar-refractivity contribution in [3.8, 4) is 0 Å². The number of rotatable bonds is 5. The summed E-state index contributed by atoms with van der Waals surface area (Å²) in [6.45, 7) is -0.932. The van der Waals surface area contributed by atoms with Gasteiger partial charge < -0.3 is 10.1 Å². The molecule has 12 heteroatoms. The largest absolute Gasteiger partial charge is 0.452 e. The molecule has 0 atom stereocenters. The molecule has 1 N–H and O–H groups in total. The summed E-state index contributed by atoms with van der Waals surface area (Å²) in [6, 6.07) is 6.06. The van der Waals surface area contributed by atoms with Crippen LogP contribution < -0.4 is 5.32 Å². The molecule has 1 amide bonds. The van der Waals surface area contributed by atoms with Crippen molar-refractivity contribution < 1.29 is 35.9 Å². The van der Waals surface area contributed by atoms with Crippen LogP contribution in [0.2, 0.25) is 10.0 Å². The van der Waals surface area contributed by atoms with Crippen LogP contribution >= 0.6 is 23.2 Å². The van der Waals surface area contributed by atoms with Crippen molar-refractivity contribution in [3.05, 3.63) is 57.6 Å². The number of benzene rings is 2. The van der Waals surface area contributed by atoms with Crippen LogP contribution in [0, 0.1) is 0 Å². The second-order valence-corrected chi connectivity index (χ2v) is 8.59. The van der Waals surface area contributed by atoms with Crippen LogP contribution in [0.5, 0.6) is 0 Å². The van der Waals surface area contributed by atoms with Crippen LogP contribution in [0.1, 0.15) is 15.9 Å². The summed E-state index contributed by atoms with van der Waals surface area (Å²) in [6.07, 6.45) is -3.85. The monoisotopic (exact) mass is 469 g/mol. The van der Waals surface area contributed by atoms with Gasteiger partial charge in [-0.3, -0.25) is 4.79 Å². The van der Waals surface area contributed by atoms with E-state index in [0.29, 0.717) is 6.07 Å². The average molecular weight is 470 g/mol. The van der Waals surface area contributed by atoms with E-state index in [1.165, 1.54) is 6.07 Å². The van der Waals surface area contributed by atoms with Gasteiger partial charge in [-0.15, -0.1) is 0 Å². The summed E-state index contributed by atoms with van der Waals surface area (Å²) >= 11 is 11.4. The molecule has 0 unspecified atom stereocenters. The summed E-state index contributed by atoms with van der Waals surface area (Å²) in [7, 11) is -3.63. The predicted octanol–water partition coefficient (Wildman–Crippen LogP) is 4.21. The Balaban J connectivity index is 2.12. The van der Waals surface area contributed by atoms with Crippen molar-refractivity contribution in [2.45, 2.75) is 11.1 Å². The van der Waals surface area contributed by atoms with E-state index >= 15 is 0 Å². The molecular formula is C17H12Cl2F3NO5S. The number of esters is 1. The first-order chi connectivity index (χ1) is 13.3. The third-order valence-electron chi connectivity index (χ3n) is 3.48. The zero-order chi connectivity index (χ0) is 22.0. The smallest absolute Gasteiger partial charge is 0.418 e. The van der Waals surface area contributed by atoms with Crippen LogP contribution in [-0.2, 0) is 25.5 Å². The fraction of sp³-hybridized carbons (Fsp3) is 0.176. The molecule has 0 aliphatic heterocycles. The Bertz CT molecular complexity index is 1070. The number of ether oxygens (including phenoxy) is 1. The van der Waals surface area contributed by atoms with Crippen LogP contribution in [0.4, 0.5) is 18.9 Å². The van der Waals surface area contributed by atoms with E-state index in [1.807, 2.05) is 5.32 Å². The first-order valence-corrected chi connectivity index (χ1v) is 10.3. The number of sulfone groups is 1. The Morgan fingerprint density at radius 1 is 1.10 bits per heavy atom. The lowest BCUT2D eigenvalue weighted by atomic mass is 10.1. The van der Waals surface area contributed by atoms with Crippen LogP contribution in [-0.4, -0.2) is 33.2 Å². The van der Waals surface area contributed by atoms with Gasteiger partial charge in [0.25, 0.3) is 5.91 Å². The fourth-order valence-corrected chi connectivity index (χ4v) is 3.16. The zero-order valence-corrected chi connectivity index (χ0v) is 16.8. The van der Waals surface area contributed by atoms with Gasteiger partial charge in [-0.25, -0.2) is 13.2 Å². The van der Waals surface area contributed by atoms with Gasteiger partial charge in [0.15, 0.2) is 16.4 Å². The molecule has 0 aromatic heterocycles. The van der Waals surface area contributed by atoms with Crippen LogP contribution in [0.15, 0.2) is 41.3 Å². The molecular weight excluding hydrogens is 458 g/mol. The number of hydrogen-bond acceptors (Lipinski definition) is 5. The minimum atomic E-state index is -4.77. The molecule has 0 heterocycles. The Hall–Kier alpha value is -2.30. The van der Waals surface area contributed by atoms with Crippen molar-refractivity contribution in [1.82, 2.24) is 0 Å². The lowest BCUT2D eigenvalue weighted by molar-refractivity contribution is -0.137. The minimum Gasteiger partial charge on any atom is -0.452 e. The Kier molecular flexibility index (Phi) is 6.82. The van der Waals surface area contributed by atoms with Crippen molar-refractivity contribution in [2.24, 2.45) is 0 Å². The molecule has 0 aliphatic carbocycles. The normalized spacial score (nSPS) is 11.8. The number of hydrogen-bond donors (Lipinski definition) is 1. The van der Waals surface area contributed by atoms with Gasteiger partial charge in [0.1, 0.15) is 0 Å². The third kappa shape index (κ3) is 6.09. The summed E-state index contributed by atoms with van der Waals surface area (Å²) < 4.78 is 67.0. The van der Waals surface area contributed by atoms with E-state index in [4.69, 9.17) is 27.9 Å². The number of nitrogens with one attached hydrogen (secondary N) is 1. The standard InChI is InChI=1S/C17H12Cl2F3NO5S/c1-29(26,27)10-3-4-13(19)11(7-10)16(25)28-8-15(24)23-14-5-2-9(18)6-12(14)17(20,21)22/h2-7H,8H2,1H3,(H,23,24). The third-order valence-corrected chi connectivity index (χ3v) is 5.16. The number of carbonyl (C=O) groups is 2. The van der Waals surface area contributed by atoms with Crippen molar-refractivity contribution in [1.29, 1.82) is 0 Å². The summed E-state index contributed by atoms with van der Waals surface area (Å²) in [4.78, 5) is 23.8. The van der Waals surface area contributed by atoms with E-state index in [9.17, 15) is 31.2 Å². The quantitative estimate of drug-likeness (QED) is 0.662. The molecule has 156 valence electrons. The molecule has 2 aromatic rings. The van der Waals surface area contributed by atoms with Crippen LogP contribution in [0.3, 0.4) is 0 Å². The predicted molar refractivity (Wildman–Crippen MR) is 99.9 cm³/mol. The minimum absolute atomic E-state index is 0.125. The topological polar surface area (TPSA) is 89.5 Å². The highest BCUT2D eigenvalue weighted by Crippen LogP contribution is 2.36. The molecule has 0 fully saturated rings. The van der Waals surface area contributed by atoms with Crippen LogP contribution in [0.25, 0.3) is 0 Å². The Morgan fingerprint density at radius 2 is 1.76 bits per heavy atom. The molecule has 29 heavy (non-hydrogen) atoms. The lowest BCUT2D eigenvalue weighted by Crippen LogP contribution is -2.23. The second kappa shape index (κ2) is 8.60. The SMILES string of the molecule is CS(=O)(=O)c1ccc(Cl)c(C(=O)OCC(=O)Nc2ccc(Cl)cc2C(F)(F)F)c1. The van der Waals surface area contributed by atoms with Gasteiger partial charge in [-0.1, -0.05) is 23.2 Å². The van der Waals surface area contributed by atoms with Crippen molar-refractivity contribution in [3.63, 3.8) is 0 Å². The Morgan fingerprint density at radius 3 is 2.34 bits per heavy atom. The van der Waals surface area contributed by atoms with E-state index in [1.54, 1.807) is 0 Å². The summed E-state index contributed by atoms with van der Waals surface area (Å²) in [5.41, 5.74) is -2.06. The fourth-order valence-electron chi connectivity index (χ4n) is 2.15. The van der Waals surface area contributed by atoms with E-state index in [0.717, 1.165) is 30.5 Å².